The number of amides is 1. The van der Waals surface area contributed by atoms with Crippen molar-refractivity contribution < 1.29 is 14.7 Å². The number of carbonyl (C=O) groups excluding carboxylic acids is 1. The fraction of sp³-hybridized carbons (Fsp3) is 0.333. The van der Waals surface area contributed by atoms with Crippen LogP contribution in [-0.2, 0) is 4.79 Å². The van der Waals surface area contributed by atoms with E-state index < -0.39 is 5.97 Å². The van der Waals surface area contributed by atoms with Gasteiger partial charge in [0.1, 0.15) is 11.5 Å². The van der Waals surface area contributed by atoms with Gasteiger partial charge in [0.05, 0.1) is 29.2 Å². The van der Waals surface area contributed by atoms with E-state index in [2.05, 4.69) is 15.6 Å². The number of hydrogen-bond donors (Lipinski definition) is 4. The number of rotatable bonds is 6. The van der Waals surface area contributed by atoms with E-state index >= 15 is 0 Å². The molecular formula is C21H24N6O3. The zero-order valence-electron chi connectivity index (χ0n) is 16.8. The van der Waals surface area contributed by atoms with E-state index in [-0.39, 0.29) is 31.0 Å². The van der Waals surface area contributed by atoms with Crippen LogP contribution in [0.15, 0.2) is 30.5 Å². The summed E-state index contributed by atoms with van der Waals surface area (Å²) in [5.41, 5.74) is 10.0. The number of benzene rings is 1. The third-order valence-electron chi connectivity index (χ3n) is 5.30. The molecule has 1 aliphatic heterocycles. The Kier molecular flexibility index (Phi) is 5.13. The second-order valence-electron chi connectivity index (χ2n) is 7.60. The number of nitrogens with one attached hydrogen (secondary N) is 2. The third-order valence-corrected chi connectivity index (χ3v) is 5.30. The largest absolute Gasteiger partial charge is 0.481 e. The van der Waals surface area contributed by atoms with Gasteiger partial charge in [0.2, 0.25) is 0 Å². The number of nitrogens with two attached hydrogens (primary N) is 1. The molecule has 0 fully saturated rings. The minimum absolute atomic E-state index is 0.0462. The molecule has 3 aromatic rings. The predicted molar refractivity (Wildman–Crippen MR) is 113 cm³/mol. The molecule has 0 bridgehead atoms. The Hall–Kier alpha value is -3.46. The van der Waals surface area contributed by atoms with Gasteiger partial charge in [0, 0.05) is 36.5 Å². The standard InChI is InChI=1S/C21H24N6O3/c1-11(8-22)24-20-12(2)25-16-5-3-4-15(19(16)26-20)13-6-17-21(30)23-9-14(7-18(28)29)27(17)10-13/h3-6,10-11,14H,7-9,22H2,1-2H3,(H,23,30)(H,24,26)(H,28,29). The summed E-state index contributed by atoms with van der Waals surface area (Å²) in [4.78, 5) is 33.1. The zero-order chi connectivity index (χ0) is 21.4. The Morgan fingerprint density at radius 1 is 1.43 bits per heavy atom. The number of fused-ring (bicyclic) bond motifs is 2. The number of anilines is 1. The Morgan fingerprint density at radius 3 is 2.97 bits per heavy atom. The van der Waals surface area contributed by atoms with Crippen molar-refractivity contribution in [2.75, 3.05) is 18.4 Å². The summed E-state index contributed by atoms with van der Waals surface area (Å²) in [6.07, 6.45) is 1.76. The molecule has 9 nitrogen and oxygen atoms in total. The molecule has 5 N–H and O–H groups in total. The van der Waals surface area contributed by atoms with E-state index in [1.165, 1.54) is 0 Å². The van der Waals surface area contributed by atoms with E-state index in [0.717, 1.165) is 22.3 Å². The molecule has 30 heavy (non-hydrogen) atoms. The van der Waals surface area contributed by atoms with Crippen LogP contribution in [0.4, 0.5) is 5.82 Å². The van der Waals surface area contributed by atoms with Gasteiger partial charge in [-0.15, -0.1) is 0 Å². The van der Waals surface area contributed by atoms with Crippen LogP contribution in [0.2, 0.25) is 0 Å². The van der Waals surface area contributed by atoms with Crippen molar-refractivity contribution in [1.82, 2.24) is 19.9 Å². The van der Waals surface area contributed by atoms with Crippen LogP contribution in [0.25, 0.3) is 22.2 Å². The second-order valence-corrected chi connectivity index (χ2v) is 7.60. The van der Waals surface area contributed by atoms with Crippen molar-refractivity contribution in [1.29, 1.82) is 0 Å². The Labute approximate surface area is 173 Å². The number of nitrogens with zero attached hydrogens (tertiary/aromatic N) is 3. The summed E-state index contributed by atoms with van der Waals surface area (Å²) >= 11 is 0. The van der Waals surface area contributed by atoms with E-state index in [4.69, 9.17) is 10.7 Å². The highest BCUT2D eigenvalue weighted by atomic mass is 16.4. The fourth-order valence-electron chi connectivity index (χ4n) is 3.71. The van der Waals surface area contributed by atoms with Gasteiger partial charge in [-0.25, -0.2) is 9.97 Å². The molecule has 0 radical (unpaired) electrons. The molecule has 0 saturated carbocycles. The molecule has 0 saturated heterocycles. The number of carboxylic acid groups (broad SMARTS) is 1. The maximum atomic E-state index is 12.3. The molecule has 2 atom stereocenters. The topological polar surface area (TPSA) is 135 Å². The maximum Gasteiger partial charge on any atom is 0.305 e. The van der Waals surface area contributed by atoms with E-state index in [0.29, 0.717) is 23.6 Å². The van der Waals surface area contributed by atoms with Gasteiger partial charge in [-0.2, -0.15) is 0 Å². The van der Waals surface area contributed by atoms with Gasteiger partial charge in [-0.1, -0.05) is 12.1 Å². The molecule has 9 heteroatoms. The van der Waals surface area contributed by atoms with E-state index in [1.54, 1.807) is 10.6 Å². The van der Waals surface area contributed by atoms with Crippen LogP contribution >= 0.6 is 0 Å². The lowest BCUT2D eigenvalue weighted by molar-refractivity contribution is -0.137. The monoisotopic (exact) mass is 408 g/mol. The normalized spacial score (nSPS) is 16.8. The quantitative estimate of drug-likeness (QED) is 0.489. The van der Waals surface area contributed by atoms with Crippen LogP contribution in [0.5, 0.6) is 0 Å². The van der Waals surface area contributed by atoms with Gasteiger partial charge in [0.15, 0.2) is 0 Å². The number of para-hydroxylation sites is 1. The smallest absolute Gasteiger partial charge is 0.305 e. The summed E-state index contributed by atoms with van der Waals surface area (Å²) in [5.74, 6) is -0.462. The van der Waals surface area contributed by atoms with Crippen molar-refractivity contribution in [2.45, 2.75) is 32.4 Å². The number of aryl methyl sites for hydroxylation is 1. The van der Waals surface area contributed by atoms with E-state index in [9.17, 15) is 14.7 Å². The number of carbonyl (C=O) groups is 2. The molecular weight excluding hydrogens is 384 g/mol. The lowest BCUT2D eigenvalue weighted by atomic mass is 10.1. The van der Waals surface area contributed by atoms with Crippen molar-refractivity contribution in [3.05, 3.63) is 41.9 Å². The Balaban J connectivity index is 1.83. The third kappa shape index (κ3) is 3.59. The first-order valence-corrected chi connectivity index (χ1v) is 9.83. The first-order valence-electron chi connectivity index (χ1n) is 9.83. The summed E-state index contributed by atoms with van der Waals surface area (Å²) in [5, 5.41) is 15.3. The lowest BCUT2D eigenvalue weighted by Crippen LogP contribution is -2.39. The van der Waals surface area contributed by atoms with Crippen LogP contribution in [0, 0.1) is 6.92 Å². The Bertz CT molecular complexity index is 1140. The molecule has 156 valence electrons. The van der Waals surface area contributed by atoms with Gasteiger partial charge < -0.3 is 26.0 Å². The highest BCUT2D eigenvalue weighted by Gasteiger charge is 2.28. The van der Waals surface area contributed by atoms with Gasteiger partial charge in [-0.3, -0.25) is 9.59 Å². The molecule has 2 aromatic heterocycles. The molecule has 0 aliphatic carbocycles. The lowest BCUT2D eigenvalue weighted by Gasteiger charge is -2.25. The van der Waals surface area contributed by atoms with Gasteiger partial charge >= 0.3 is 5.97 Å². The first-order chi connectivity index (χ1) is 14.4. The van der Waals surface area contributed by atoms with Crippen LogP contribution in [0.1, 0.15) is 35.6 Å². The summed E-state index contributed by atoms with van der Waals surface area (Å²) in [6.45, 7) is 4.61. The minimum Gasteiger partial charge on any atom is -0.481 e. The summed E-state index contributed by atoms with van der Waals surface area (Å²) < 4.78 is 1.75. The highest BCUT2D eigenvalue weighted by Crippen LogP contribution is 2.32. The van der Waals surface area contributed by atoms with Crippen molar-refractivity contribution >= 4 is 28.7 Å². The number of carboxylic acids is 1. The minimum atomic E-state index is -0.909. The van der Waals surface area contributed by atoms with Crippen molar-refractivity contribution in [2.24, 2.45) is 5.73 Å². The summed E-state index contributed by atoms with van der Waals surface area (Å²) in [7, 11) is 0. The van der Waals surface area contributed by atoms with Gasteiger partial charge in [0.25, 0.3) is 5.91 Å². The number of aromatic nitrogens is 3. The first kappa shape index (κ1) is 19.8. The molecule has 1 amide bonds. The highest BCUT2D eigenvalue weighted by molar-refractivity contribution is 5.98. The fourth-order valence-corrected chi connectivity index (χ4v) is 3.71. The van der Waals surface area contributed by atoms with Crippen LogP contribution < -0.4 is 16.4 Å². The average molecular weight is 408 g/mol. The van der Waals surface area contributed by atoms with Crippen molar-refractivity contribution in [3.63, 3.8) is 0 Å². The molecule has 1 aliphatic rings. The molecule has 4 rings (SSSR count). The molecule has 2 unspecified atom stereocenters. The molecule has 0 spiro atoms. The maximum absolute atomic E-state index is 12.3. The van der Waals surface area contributed by atoms with Crippen LogP contribution in [0.3, 0.4) is 0 Å². The number of aliphatic carboxylic acids is 1. The van der Waals surface area contributed by atoms with Crippen molar-refractivity contribution in [3.8, 4) is 11.1 Å². The van der Waals surface area contributed by atoms with E-state index in [1.807, 2.05) is 38.2 Å². The SMILES string of the molecule is Cc1nc2cccc(-c3cc4n(c3)C(CC(=O)O)CNC4=O)c2nc1NC(C)CN. The summed E-state index contributed by atoms with van der Waals surface area (Å²) in [6, 6.07) is 7.20. The zero-order valence-corrected chi connectivity index (χ0v) is 16.8. The van der Waals surface area contributed by atoms with Gasteiger partial charge in [-0.05, 0) is 26.0 Å². The number of hydrogen-bond acceptors (Lipinski definition) is 6. The average Bonchev–Trinajstić information content (AvgIpc) is 3.16. The second kappa shape index (κ2) is 7.75. The molecule has 3 heterocycles. The van der Waals surface area contributed by atoms with Crippen LogP contribution in [-0.4, -0.2) is 50.6 Å². The predicted octanol–water partition coefficient (Wildman–Crippen LogP) is 1.93. The Morgan fingerprint density at radius 2 is 2.23 bits per heavy atom. The molecule has 1 aromatic carbocycles.